The Balaban J connectivity index is 1.71. The van der Waals surface area contributed by atoms with Gasteiger partial charge < -0.3 is 25.0 Å². The summed E-state index contributed by atoms with van der Waals surface area (Å²) in [6.45, 7) is 2.11. The minimum absolute atomic E-state index is 0.00669. The number of aliphatic hydroxyl groups excluding tert-OH is 1. The van der Waals surface area contributed by atoms with E-state index in [1.165, 1.54) is 26.8 Å². The topological polar surface area (TPSA) is 85.4 Å². The van der Waals surface area contributed by atoms with Crippen LogP contribution in [0.5, 0.6) is 0 Å². The number of carbonyl (C=O) groups is 2. The van der Waals surface area contributed by atoms with Crippen LogP contribution in [0.1, 0.15) is 6.92 Å². The van der Waals surface area contributed by atoms with E-state index in [0.717, 1.165) is 0 Å². The standard InChI is InChI=1S/C16H19FN4O4S/c1-10(26)18-5-12-6-21(16(24)25-12)11-2-3-14(13(17)4-11)19-7-15(23)20(8-19)9-22/h2-4,12,22H,5-9H2,1H3,(H,18,26)/t12-/m0/s1. The van der Waals surface area contributed by atoms with E-state index in [1.54, 1.807) is 13.0 Å². The number of anilines is 2. The van der Waals surface area contributed by atoms with Gasteiger partial charge in [-0.2, -0.15) is 0 Å². The number of carbonyl (C=O) groups excluding carboxylic acids is 2. The zero-order valence-electron chi connectivity index (χ0n) is 14.1. The molecule has 26 heavy (non-hydrogen) atoms. The average molecular weight is 382 g/mol. The van der Waals surface area contributed by atoms with E-state index < -0.39 is 18.6 Å². The van der Waals surface area contributed by atoms with Crippen molar-refractivity contribution >= 4 is 40.6 Å². The van der Waals surface area contributed by atoms with Crippen LogP contribution in [0, 0.1) is 5.82 Å². The quantitative estimate of drug-likeness (QED) is 0.723. The summed E-state index contributed by atoms with van der Waals surface area (Å²) in [4.78, 5) is 28.4. The van der Waals surface area contributed by atoms with Crippen molar-refractivity contribution in [1.82, 2.24) is 10.2 Å². The molecule has 10 heteroatoms. The number of hydrogen-bond acceptors (Lipinski definition) is 6. The Kier molecular flexibility index (Phi) is 5.23. The number of benzene rings is 1. The third-order valence-electron chi connectivity index (χ3n) is 4.23. The Labute approximate surface area is 155 Å². The van der Waals surface area contributed by atoms with Gasteiger partial charge in [0.05, 0.1) is 42.7 Å². The molecule has 2 heterocycles. The van der Waals surface area contributed by atoms with Crippen LogP contribution < -0.4 is 15.1 Å². The molecule has 2 saturated heterocycles. The zero-order valence-corrected chi connectivity index (χ0v) is 15.0. The molecule has 140 valence electrons. The van der Waals surface area contributed by atoms with Crippen LogP contribution >= 0.6 is 12.2 Å². The molecule has 2 amide bonds. The maximum atomic E-state index is 14.5. The molecule has 1 aromatic rings. The highest BCUT2D eigenvalue weighted by Crippen LogP contribution is 2.29. The first kappa shape index (κ1) is 18.3. The van der Waals surface area contributed by atoms with E-state index in [-0.39, 0.29) is 37.5 Å². The summed E-state index contributed by atoms with van der Waals surface area (Å²) in [5.41, 5.74) is 0.613. The van der Waals surface area contributed by atoms with Gasteiger partial charge in [0.25, 0.3) is 0 Å². The summed E-state index contributed by atoms with van der Waals surface area (Å²) in [5.74, 6) is -0.831. The van der Waals surface area contributed by atoms with Gasteiger partial charge >= 0.3 is 6.09 Å². The predicted molar refractivity (Wildman–Crippen MR) is 96.4 cm³/mol. The summed E-state index contributed by atoms with van der Waals surface area (Å²) >= 11 is 4.93. The van der Waals surface area contributed by atoms with E-state index in [2.05, 4.69) is 5.32 Å². The van der Waals surface area contributed by atoms with Gasteiger partial charge in [-0.15, -0.1) is 0 Å². The number of hydrogen-bond donors (Lipinski definition) is 2. The fourth-order valence-electron chi connectivity index (χ4n) is 2.90. The largest absolute Gasteiger partial charge is 0.442 e. The molecule has 2 fully saturated rings. The number of thiocarbonyl (C=S) groups is 1. The molecular formula is C16H19FN4O4S. The Morgan fingerprint density at radius 2 is 2.23 bits per heavy atom. The molecule has 0 aliphatic carbocycles. The number of nitrogens with zero attached hydrogens (tertiary/aromatic N) is 3. The third kappa shape index (κ3) is 3.70. The van der Waals surface area contributed by atoms with Crippen LogP contribution in [-0.4, -0.2) is 66.1 Å². The Morgan fingerprint density at radius 1 is 1.46 bits per heavy atom. The smallest absolute Gasteiger partial charge is 0.414 e. The molecule has 0 spiro atoms. The van der Waals surface area contributed by atoms with Crippen molar-refractivity contribution in [2.75, 3.05) is 42.8 Å². The molecule has 0 saturated carbocycles. The molecule has 8 nitrogen and oxygen atoms in total. The zero-order chi connectivity index (χ0) is 18.8. The molecule has 3 rings (SSSR count). The fourth-order valence-corrected chi connectivity index (χ4v) is 2.98. The summed E-state index contributed by atoms with van der Waals surface area (Å²) in [6.07, 6.45) is -0.925. The van der Waals surface area contributed by atoms with Crippen LogP contribution in [0.4, 0.5) is 20.6 Å². The summed E-state index contributed by atoms with van der Waals surface area (Å²) < 4.78 is 19.8. The van der Waals surface area contributed by atoms with Crippen molar-refractivity contribution < 1.29 is 23.8 Å². The minimum Gasteiger partial charge on any atom is -0.442 e. The van der Waals surface area contributed by atoms with Gasteiger partial charge in [0.2, 0.25) is 5.91 Å². The number of cyclic esters (lactones) is 1. The lowest BCUT2D eigenvalue weighted by Gasteiger charge is -2.20. The van der Waals surface area contributed by atoms with Gasteiger partial charge in [-0.25, -0.2) is 9.18 Å². The van der Waals surface area contributed by atoms with Crippen LogP contribution in [0.15, 0.2) is 18.2 Å². The molecule has 0 aromatic heterocycles. The number of nitrogens with one attached hydrogen (secondary N) is 1. The maximum Gasteiger partial charge on any atom is 0.414 e. The molecule has 1 atom stereocenters. The lowest BCUT2D eigenvalue weighted by Crippen LogP contribution is -2.32. The molecule has 0 unspecified atom stereocenters. The highest BCUT2D eigenvalue weighted by atomic mass is 32.1. The first-order valence-electron chi connectivity index (χ1n) is 8.04. The minimum atomic E-state index is -0.556. The number of rotatable bonds is 5. The van der Waals surface area contributed by atoms with Gasteiger partial charge in [0.15, 0.2) is 0 Å². The predicted octanol–water partition coefficient (Wildman–Crippen LogP) is 0.644. The molecule has 2 N–H and O–H groups in total. The van der Waals surface area contributed by atoms with Crippen LogP contribution in [0.25, 0.3) is 0 Å². The normalized spacial score (nSPS) is 20.0. The van der Waals surface area contributed by atoms with Crippen molar-refractivity contribution in [3.05, 3.63) is 24.0 Å². The lowest BCUT2D eigenvalue weighted by molar-refractivity contribution is -0.129. The first-order valence-corrected chi connectivity index (χ1v) is 8.45. The Hall–Kier alpha value is -2.46. The molecular weight excluding hydrogens is 363 g/mol. The highest BCUT2D eigenvalue weighted by molar-refractivity contribution is 7.80. The third-order valence-corrected chi connectivity index (χ3v) is 4.37. The van der Waals surface area contributed by atoms with Gasteiger partial charge in [-0.3, -0.25) is 9.69 Å². The second-order valence-corrected chi connectivity index (χ2v) is 6.72. The van der Waals surface area contributed by atoms with Crippen molar-refractivity contribution in [2.24, 2.45) is 0 Å². The van der Waals surface area contributed by atoms with Gasteiger partial charge in [0, 0.05) is 0 Å². The van der Waals surface area contributed by atoms with Crippen molar-refractivity contribution in [3.8, 4) is 0 Å². The number of ether oxygens (including phenoxy) is 1. The van der Waals surface area contributed by atoms with E-state index in [0.29, 0.717) is 17.2 Å². The number of halogens is 1. The van der Waals surface area contributed by atoms with Gasteiger partial charge in [-0.1, -0.05) is 12.2 Å². The summed E-state index contributed by atoms with van der Waals surface area (Å²) in [6, 6.07) is 4.35. The van der Waals surface area contributed by atoms with Gasteiger partial charge in [0.1, 0.15) is 18.7 Å². The van der Waals surface area contributed by atoms with Gasteiger partial charge in [-0.05, 0) is 25.1 Å². The first-order chi connectivity index (χ1) is 12.4. The van der Waals surface area contributed by atoms with E-state index >= 15 is 0 Å². The Morgan fingerprint density at radius 3 is 2.85 bits per heavy atom. The summed E-state index contributed by atoms with van der Waals surface area (Å²) in [7, 11) is 0. The second-order valence-electron chi connectivity index (χ2n) is 6.10. The second kappa shape index (κ2) is 7.42. The van der Waals surface area contributed by atoms with Crippen molar-refractivity contribution in [3.63, 3.8) is 0 Å². The van der Waals surface area contributed by atoms with Crippen LogP contribution in [0.3, 0.4) is 0 Å². The fraction of sp³-hybridized carbons (Fsp3) is 0.438. The van der Waals surface area contributed by atoms with Crippen molar-refractivity contribution in [1.29, 1.82) is 0 Å². The number of amides is 2. The molecule has 2 aliphatic rings. The summed E-state index contributed by atoms with van der Waals surface area (Å²) in [5, 5.41) is 12.0. The van der Waals surface area contributed by atoms with E-state index in [9.17, 15) is 14.0 Å². The molecule has 0 radical (unpaired) electrons. The van der Waals surface area contributed by atoms with Crippen LogP contribution in [0.2, 0.25) is 0 Å². The van der Waals surface area contributed by atoms with Crippen LogP contribution in [-0.2, 0) is 9.53 Å². The highest BCUT2D eigenvalue weighted by Gasteiger charge is 2.33. The Bertz CT molecular complexity index is 747. The van der Waals surface area contributed by atoms with E-state index in [4.69, 9.17) is 22.1 Å². The monoisotopic (exact) mass is 382 g/mol. The number of aliphatic hydroxyl groups is 1. The maximum absolute atomic E-state index is 14.5. The molecule has 2 aliphatic heterocycles. The van der Waals surface area contributed by atoms with E-state index in [1.807, 2.05) is 0 Å². The lowest BCUT2D eigenvalue weighted by atomic mass is 10.2. The molecule has 1 aromatic carbocycles. The average Bonchev–Trinajstić information content (AvgIpc) is 3.15. The van der Waals surface area contributed by atoms with Crippen molar-refractivity contribution in [2.45, 2.75) is 13.0 Å². The molecule has 0 bridgehead atoms. The SMILES string of the molecule is CC(=S)NC[C@H]1CN(c2ccc(N3CC(=O)N(CO)C3)c(F)c2)C(=O)O1.